The van der Waals surface area contributed by atoms with Crippen LogP contribution in [0.4, 0.5) is 5.95 Å². The Morgan fingerprint density at radius 2 is 1.75 bits per heavy atom. The number of aromatic nitrogens is 2. The molecule has 1 saturated heterocycles. The second-order valence-electron chi connectivity index (χ2n) is 7.28. The first-order valence-electron chi connectivity index (χ1n) is 9.45. The van der Waals surface area contributed by atoms with Gasteiger partial charge >= 0.3 is 0 Å². The van der Waals surface area contributed by atoms with Gasteiger partial charge in [-0.2, -0.15) is 0 Å². The van der Waals surface area contributed by atoms with Crippen molar-refractivity contribution in [3.05, 3.63) is 41.7 Å². The molecule has 3 heterocycles. The van der Waals surface area contributed by atoms with Crippen LogP contribution in [0.15, 0.2) is 30.6 Å². The van der Waals surface area contributed by atoms with Gasteiger partial charge in [0.25, 0.3) is 5.91 Å². The lowest BCUT2D eigenvalue weighted by Crippen LogP contribution is -2.47. The molecule has 28 heavy (non-hydrogen) atoms. The van der Waals surface area contributed by atoms with Crippen LogP contribution in [0.3, 0.4) is 0 Å². The van der Waals surface area contributed by atoms with E-state index in [1.54, 1.807) is 26.5 Å². The van der Waals surface area contributed by atoms with Crippen LogP contribution in [0.1, 0.15) is 28.9 Å². The highest BCUT2D eigenvalue weighted by Gasteiger charge is 2.25. The van der Waals surface area contributed by atoms with Crippen molar-refractivity contribution in [2.45, 2.75) is 13.0 Å². The summed E-state index contributed by atoms with van der Waals surface area (Å²) in [7, 11) is 3.44. The molecule has 8 nitrogen and oxygen atoms in total. The van der Waals surface area contributed by atoms with Crippen LogP contribution in [0.25, 0.3) is 0 Å². The summed E-state index contributed by atoms with van der Waals surface area (Å²) in [6.07, 6.45) is 3.21. The van der Waals surface area contributed by atoms with E-state index >= 15 is 0 Å². The summed E-state index contributed by atoms with van der Waals surface area (Å²) in [5.74, 6) is 2.22. The molecule has 1 fully saturated rings. The molecule has 0 saturated carbocycles. The first kappa shape index (κ1) is 18.5. The lowest BCUT2D eigenvalue weighted by molar-refractivity contribution is 0.0826. The average Bonchev–Trinajstić information content (AvgIpc) is 3.21. The molecule has 0 unspecified atom stereocenters. The van der Waals surface area contributed by atoms with Gasteiger partial charge in [0.15, 0.2) is 11.5 Å². The Hall–Kier alpha value is -2.87. The molecule has 1 atom stereocenters. The zero-order chi connectivity index (χ0) is 19.7. The maximum absolute atomic E-state index is 12.0. The fourth-order valence-electron chi connectivity index (χ4n) is 3.55. The normalized spacial score (nSPS) is 17.5. The number of amides is 1. The number of nitrogens with zero attached hydrogens (tertiary/aromatic N) is 5. The van der Waals surface area contributed by atoms with E-state index in [1.807, 2.05) is 6.07 Å². The van der Waals surface area contributed by atoms with E-state index in [9.17, 15) is 4.79 Å². The SMILES string of the molecule is C[C@@H](c1ccc2c(c1)OCO2)N1CCN(c2ncc(C(=O)N(C)C)cn2)CC1. The first-order chi connectivity index (χ1) is 13.5. The monoisotopic (exact) mass is 383 g/mol. The molecular formula is C20H25N5O3. The Morgan fingerprint density at radius 3 is 2.43 bits per heavy atom. The van der Waals surface area contributed by atoms with Crippen LogP contribution in [0.5, 0.6) is 11.5 Å². The number of carbonyl (C=O) groups is 1. The molecule has 8 heteroatoms. The van der Waals surface area contributed by atoms with Crippen LogP contribution < -0.4 is 14.4 Å². The number of rotatable bonds is 4. The van der Waals surface area contributed by atoms with Crippen molar-refractivity contribution in [3.8, 4) is 11.5 Å². The van der Waals surface area contributed by atoms with Crippen molar-refractivity contribution >= 4 is 11.9 Å². The molecule has 2 aliphatic heterocycles. The largest absolute Gasteiger partial charge is 0.454 e. The van der Waals surface area contributed by atoms with Gasteiger partial charge in [0.2, 0.25) is 12.7 Å². The lowest BCUT2D eigenvalue weighted by atomic mass is 10.1. The molecule has 2 aromatic rings. The summed E-state index contributed by atoms with van der Waals surface area (Å²) in [5, 5.41) is 0. The maximum atomic E-state index is 12.0. The Bertz CT molecular complexity index is 847. The Kier molecular flexibility index (Phi) is 5.04. The minimum Gasteiger partial charge on any atom is -0.454 e. The topological polar surface area (TPSA) is 71.0 Å². The summed E-state index contributed by atoms with van der Waals surface area (Å²) < 4.78 is 10.9. The van der Waals surface area contributed by atoms with Crippen molar-refractivity contribution in [1.29, 1.82) is 0 Å². The highest BCUT2D eigenvalue weighted by atomic mass is 16.7. The van der Waals surface area contributed by atoms with Gasteiger partial charge in [-0.05, 0) is 24.6 Å². The average molecular weight is 383 g/mol. The zero-order valence-electron chi connectivity index (χ0n) is 16.5. The van der Waals surface area contributed by atoms with E-state index in [2.05, 4.69) is 38.8 Å². The number of fused-ring (bicyclic) bond motifs is 1. The van der Waals surface area contributed by atoms with Gasteiger partial charge in [-0.3, -0.25) is 9.69 Å². The molecule has 1 aromatic carbocycles. The predicted molar refractivity (Wildman–Crippen MR) is 105 cm³/mol. The fraction of sp³-hybridized carbons (Fsp3) is 0.450. The van der Waals surface area contributed by atoms with Gasteiger partial charge in [-0.1, -0.05) is 6.07 Å². The van der Waals surface area contributed by atoms with Crippen LogP contribution in [0.2, 0.25) is 0 Å². The quantitative estimate of drug-likeness (QED) is 0.797. The number of benzene rings is 1. The third-order valence-corrected chi connectivity index (χ3v) is 5.32. The molecule has 4 rings (SSSR count). The highest BCUT2D eigenvalue weighted by molar-refractivity contribution is 5.93. The summed E-state index contributed by atoms with van der Waals surface area (Å²) in [6, 6.07) is 6.45. The highest BCUT2D eigenvalue weighted by Crippen LogP contribution is 2.35. The lowest BCUT2D eigenvalue weighted by Gasteiger charge is -2.38. The van der Waals surface area contributed by atoms with Crippen molar-refractivity contribution in [2.75, 3.05) is 52.0 Å². The van der Waals surface area contributed by atoms with Gasteiger partial charge in [0.05, 0.1) is 5.56 Å². The van der Waals surface area contributed by atoms with Gasteiger partial charge in [-0.25, -0.2) is 9.97 Å². The van der Waals surface area contributed by atoms with E-state index < -0.39 is 0 Å². The first-order valence-corrected chi connectivity index (χ1v) is 9.45. The van der Waals surface area contributed by atoms with E-state index in [0.29, 0.717) is 18.3 Å². The molecule has 1 aromatic heterocycles. The van der Waals surface area contributed by atoms with E-state index in [0.717, 1.165) is 37.7 Å². The van der Waals surface area contributed by atoms with E-state index in [-0.39, 0.29) is 11.9 Å². The van der Waals surface area contributed by atoms with Crippen LogP contribution in [-0.4, -0.2) is 72.7 Å². The molecule has 1 amide bonds. The van der Waals surface area contributed by atoms with Crippen molar-refractivity contribution < 1.29 is 14.3 Å². The number of hydrogen-bond acceptors (Lipinski definition) is 7. The number of anilines is 1. The number of piperazine rings is 1. The number of hydrogen-bond donors (Lipinski definition) is 0. The minimum absolute atomic E-state index is 0.0890. The molecule has 148 valence electrons. The number of ether oxygens (including phenoxy) is 2. The molecular weight excluding hydrogens is 358 g/mol. The van der Waals surface area contributed by atoms with Crippen molar-refractivity contribution in [1.82, 2.24) is 19.8 Å². The fourth-order valence-corrected chi connectivity index (χ4v) is 3.55. The minimum atomic E-state index is -0.0890. The molecule has 0 N–H and O–H groups in total. The maximum Gasteiger partial charge on any atom is 0.256 e. The smallest absolute Gasteiger partial charge is 0.256 e. The molecule has 0 radical (unpaired) electrons. The predicted octanol–water partition coefficient (Wildman–Crippen LogP) is 1.79. The molecule has 0 aliphatic carbocycles. The van der Waals surface area contributed by atoms with Gasteiger partial charge in [-0.15, -0.1) is 0 Å². The van der Waals surface area contributed by atoms with Crippen molar-refractivity contribution in [3.63, 3.8) is 0 Å². The van der Waals surface area contributed by atoms with Crippen LogP contribution in [0, 0.1) is 0 Å². The second kappa shape index (κ2) is 7.63. The number of carbonyl (C=O) groups excluding carboxylic acids is 1. The van der Waals surface area contributed by atoms with Crippen LogP contribution in [-0.2, 0) is 0 Å². The molecule has 0 bridgehead atoms. The Labute approximate surface area is 164 Å². The summed E-state index contributed by atoms with van der Waals surface area (Å²) in [5.41, 5.74) is 1.73. The standard InChI is InChI=1S/C20H25N5O3/c1-14(15-4-5-17-18(10-15)28-13-27-17)24-6-8-25(9-7-24)20-21-11-16(12-22-20)19(26)23(2)3/h4-5,10-12,14H,6-9,13H2,1-3H3/t14-/m0/s1. The van der Waals surface area contributed by atoms with Crippen molar-refractivity contribution in [2.24, 2.45) is 0 Å². The summed E-state index contributed by atoms with van der Waals surface area (Å²) in [6.45, 7) is 6.02. The zero-order valence-corrected chi connectivity index (χ0v) is 16.5. The Morgan fingerprint density at radius 1 is 1.07 bits per heavy atom. The third kappa shape index (κ3) is 3.60. The van der Waals surface area contributed by atoms with Crippen LogP contribution >= 0.6 is 0 Å². The molecule has 0 spiro atoms. The molecule has 2 aliphatic rings. The third-order valence-electron chi connectivity index (χ3n) is 5.32. The van der Waals surface area contributed by atoms with Gasteiger partial charge < -0.3 is 19.3 Å². The second-order valence-corrected chi connectivity index (χ2v) is 7.28. The summed E-state index contributed by atoms with van der Waals surface area (Å²) >= 11 is 0. The Balaban J connectivity index is 1.37. The van der Waals surface area contributed by atoms with E-state index in [1.165, 1.54) is 10.5 Å². The summed E-state index contributed by atoms with van der Waals surface area (Å²) in [4.78, 5) is 26.9. The van der Waals surface area contributed by atoms with Gasteiger partial charge in [0, 0.05) is 58.7 Å². The van der Waals surface area contributed by atoms with E-state index in [4.69, 9.17) is 9.47 Å². The van der Waals surface area contributed by atoms with Gasteiger partial charge in [0.1, 0.15) is 0 Å².